The summed E-state index contributed by atoms with van der Waals surface area (Å²) in [7, 11) is 0. The molecular weight excluding hydrogens is 311 g/mol. The summed E-state index contributed by atoms with van der Waals surface area (Å²) in [5, 5.41) is 13.1. The Kier molecular flexibility index (Phi) is 3.89. The van der Waals surface area contributed by atoms with E-state index in [1.54, 1.807) is 32.0 Å². The van der Waals surface area contributed by atoms with Crippen LogP contribution in [0.2, 0.25) is 0 Å². The molecule has 0 atom stereocenters. The molecule has 122 valence electrons. The maximum atomic E-state index is 14.0. The molecule has 24 heavy (non-hydrogen) atoms. The van der Waals surface area contributed by atoms with E-state index in [1.165, 1.54) is 12.1 Å². The molecule has 0 saturated carbocycles. The molecule has 0 aliphatic heterocycles. The molecule has 0 fully saturated rings. The highest BCUT2D eigenvalue weighted by Gasteiger charge is 2.17. The monoisotopic (exact) mass is 326 g/mol. The molecule has 1 N–H and O–H groups in total. The smallest absolute Gasteiger partial charge is 0.335 e. The van der Waals surface area contributed by atoms with E-state index in [2.05, 4.69) is 10.1 Å². The zero-order valence-corrected chi connectivity index (χ0v) is 13.4. The first-order valence-corrected chi connectivity index (χ1v) is 7.32. The van der Waals surface area contributed by atoms with Gasteiger partial charge in [-0.1, -0.05) is 11.2 Å². The van der Waals surface area contributed by atoms with Crippen molar-refractivity contribution in [3.63, 3.8) is 0 Å². The van der Waals surface area contributed by atoms with Crippen molar-refractivity contribution in [3.8, 4) is 22.8 Å². The summed E-state index contributed by atoms with van der Waals surface area (Å²) in [6.45, 7) is 5.34. The molecule has 1 aromatic heterocycles. The normalized spacial score (nSPS) is 10.8. The number of hydrogen-bond acceptors (Lipinski definition) is 4. The number of aromatic nitrogens is 2. The highest BCUT2D eigenvalue weighted by molar-refractivity contribution is 5.91. The Hall–Kier alpha value is -3.02. The molecule has 3 rings (SSSR count). The second kappa shape index (κ2) is 5.88. The molecular formula is C18H15FN2O3. The Labute approximate surface area is 137 Å². The molecule has 0 aliphatic rings. The van der Waals surface area contributed by atoms with Crippen molar-refractivity contribution in [1.29, 1.82) is 0 Å². The third-order valence-electron chi connectivity index (χ3n) is 3.94. The van der Waals surface area contributed by atoms with E-state index in [1.807, 2.05) is 6.92 Å². The zero-order chi connectivity index (χ0) is 17.4. The number of carboxylic acids is 1. The van der Waals surface area contributed by atoms with Crippen LogP contribution in [0.25, 0.3) is 22.8 Å². The number of halogens is 1. The fraction of sp³-hybridized carbons (Fsp3) is 0.167. The molecule has 0 bridgehead atoms. The summed E-state index contributed by atoms with van der Waals surface area (Å²) in [5.41, 5.74) is 3.17. The lowest BCUT2D eigenvalue weighted by Gasteiger charge is -2.06. The summed E-state index contributed by atoms with van der Waals surface area (Å²) in [5.74, 6) is -1.20. The Morgan fingerprint density at radius 3 is 2.58 bits per heavy atom. The number of carbonyl (C=O) groups is 1. The van der Waals surface area contributed by atoms with Gasteiger partial charge in [0.25, 0.3) is 5.89 Å². The van der Waals surface area contributed by atoms with Gasteiger partial charge in [-0.3, -0.25) is 0 Å². The fourth-order valence-corrected chi connectivity index (χ4v) is 2.45. The second-order valence-corrected chi connectivity index (χ2v) is 5.68. The van der Waals surface area contributed by atoms with Crippen molar-refractivity contribution >= 4 is 5.97 Å². The van der Waals surface area contributed by atoms with E-state index >= 15 is 0 Å². The number of aryl methyl sites for hydroxylation is 2. The van der Waals surface area contributed by atoms with Gasteiger partial charge in [0, 0.05) is 5.56 Å². The summed E-state index contributed by atoms with van der Waals surface area (Å²) < 4.78 is 19.2. The van der Waals surface area contributed by atoms with Gasteiger partial charge in [-0.15, -0.1) is 0 Å². The molecule has 3 aromatic rings. The van der Waals surface area contributed by atoms with Crippen molar-refractivity contribution in [2.45, 2.75) is 20.8 Å². The van der Waals surface area contributed by atoms with E-state index in [4.69, 9.17) is 4.52 Å². The number of carboxylic acid groups (broad SMARTS) is 1. The largest absolute Gasteiger partial charge is 0.478 e. The van der Waals surface area contributed by atoms with E-state index in [0.29, 0.717) is 11.1 Å². The molecule has 2 aromatic carbocycles. The van der Waals surface area contributed by atoms with Crippen LogP contribution in [-0.2, 0) is 0 Å². The number of benzene rings is 2. The predicted molar refractivity (Wildman–Crippen MR) is 86.3 cm³/mol. The lowest BCUT2D eigenvalue weighted by atomic mass is 9.99. The van der Waals surface area contributed by atoms with E-state index in [0.717, 1.165) is 11.1 Å². The number of aromatic carboxylic acids is 1. The van der Waals surface area contributed by atoms with Crippen LogP contribution in [0.1, 0.15) is 27.0 Å². The first kappa shape index (κ1) is 15.9. The molecule has 0 aliphatic carbocycles. The summed E-state index contributed by atoms with van der Waals surface area (Å²) in [4.78, 5) is 15.5. The van der Waals surface area contributed by atoms with Crippen molar-refractivity contribution in [2.24, 2.45) is 0 Å². The molecule has 6 heteroatoms. The van der Waals surface area contributed by atoms with Gasteiger partial charge >= 0.3 is 5.97 Å². The maximum absolute atomic E-state index is 14.0. The van der Waals surface area contributed by atoms with Gasteiger partial charge in [-0.25, -0.2) is 9.18 Å². The Morgan fingerprint density at radius 1 is 1.17 bits per heavy atom. The molecule has 1 heterocycles. The first-order valence-electron chi connectivity index (χ1n) is 7.32. The van der Waals surface area contributed by atoms with Gasteiger partial charge in [-0.2, -0.15) is 4.98 Å². The van der Waals surface area contributed by atoms with Crippen molar-refractivity contribution < 1.29 is 18.8 Å². The van der Waals surface area contributed by atoms with Gasteiger partial charge < -0.3 is 9.63 Å². The fourth-order valence-electron chi connectivity index (χ4n) is 2.45. The summed E-state index contributed by atoms with van der Waals surface area (Å²) in [6.07, 6.45) is 0. The molecule has 0 spiro atoms. The van der Waals surface area contributed by atoms with Crippen LogP contribution < -0.4 is 0 Å². The molecule has 5 nitrogen and oxygen atoms in total. The van der Waals surface area contributed by atoms with Crippen LogP contribution in [-0.4, -0.2) is 21.2 Å². The average molecular weight is 326 g/mol. The number of rotatable bonds is 3. The van der Waals surface area contributed by atoms with Crippen LogP contribution in [0.15, 0.2) is 34.9 Å². The zero-order valence-electron chi connectivity index (χ0n) is 13.4. The topological polar surface area (TPSA) is 76.2 Å². The summed E-state index contributed by atoms with van der Waals surface area (Å²) in [6, 6.07) is 7.98. The van der Waals surface area contributed by atoms with Crippen molar-refractivity contribution in [2.75, 3.05) is 0 Å². The SMILES string of the molecule is Cc1ccc(-c2nc(-c3cc(C)c(C)c(C(=O)O)c3)no2)c(F)c1. The average Bonchev–Trinajstić information content (AvgIpc) is 2.99. The van der Waals surface area contributed by atoms with Crippen LogP contribution in [0.5, 0.6) is 0 Å². The van der Waals surface area contributed by atoms with Crippen LogP contribution in [0.3, 0.4) is 0 Å². The molecule has 0 amide bonds. The minimum Gasteiger partial charge on any atom is -0.478 e. The highest BCUT2D eigenvalue weighted by Crippen LogP contribution is 2.27. The van der Waals surface area contributed by atoms with E-state index in [-0.39, 0.29) is 22.8 Å². The van der Waals surface area contributed by atoms with Gasteiger partial charge in [0.2, 0.25) is 5.82 Å². The summed E-state index contributed by atoms with van der Waals surface area (Å²) >= 11 is 0. The van der Waals surface area contributed by atoms with Crippen molar-refractivity contribution in [3.05, 3.63) is 58.4 Å². The third-order valence-corrected chi connectivity index (χ3v) is 3.94. The van der Waals surface area contributed by atoms with Crippen LogP contribution >= 0.6 is 0 Å². The minimum absolute atomic E-state index is 0.0533. The first-order chi connectivity index (χ1) is 11.4. The molecule has 0 unspecified atom stereocenters. The van der Waals surface area contributed by atoms with Gasteiger partial charge in [0.15, 0.2) is 0 Å². The Morgan fingerprint density at radius 2 is 1.92 bits per heavy atom. The van der Waals surface area contributed by atoms with Gasteiger partial charge in [0.05, 0.1) is 11.1 Å². The molecule has 0 radical (unpaired) electrons. The van der Waals surface area contributed by atoms with E-state index < -0.39 is 11.8 Å². The van der Waals surface area contributed by atoms with Crippen LogP contribution in [0, 0.1) is 26.6 Å². The minimum atomic E-state index is -1.02. The molecule has 0 saturated heterocycles. The lowest BCUT2D eigenvalue weighted by Crippen LogP contribution is -2.02. The second-order valence-electron chi connectivity index (χ2n) is 5.68. The Bertz CT molecular complexity index is 947. The predicted octanol–water partition coefficient (Wildman–Crippen LogP) is 4.17. The lowest BCUT2D eigenvalue weighted by molar-refractivity contribution is 0.0696. The quantitative estimate of drug-likeness (QED) is 0.782. The number of nitrogens with zero attached hydrogens (tertiary/aromatic N) is 2. The van der Waals surface area contributed by atoms with E-state index in [9.17, 15) is 14.3 Å². The standard InChI is InChI=1S/C18H15FN2O3/c1-9-4-5-13(15(19)6-9)17-20-16(21-24-17)12-7-10(2)11(3)14(8-12)18(22)23/h4-8H,1-3H3,(H,22,23). The van der Waals surface area contributed by atoms with Crippen molar-refractivity contribution in [1.82, 2.24) is 10.1 Å². The highest BCUT2D eigenvalue weighted by atomic mass is 19.1. The van der Waals surface area contributed by atoms with Gasteiger partial charge in [-0.05, 0) is 61.7 Å². The number of hydrogen-bond donors (Lipinski definition) is 1. The van der Waals surface area contributed by atoms with Gasteiger partial charge in [0.1, 0.15) is 5.82 Å². The third kappa shape index (κ3) is 2.78. The Balaban J connectivity index is 2.07. The maximum Gasteiger partial charge on any atom is 0.335 e. The van der Waals surface area contributed by atoms with Crippen LogP contribution in [0.4, 0.5) is 4.39 Å².